The number of carbonyl (C=O) groups excluding carboxylic acids is 2. The second kappa shape index (κ2) is 8.09. The Labute approximate surface area is 184 Å². The Morgan fingerprint density at radius 1 is 1.26 bits per heavy atom. The number of amides is 1. The quantitative estimate of drug-likeness (QED) is 0.617. The van der Waals surface area contributed by atoms with E-state index in [4.69, 9.17) is 0 Å². The molecule has 0 spiro atoms. The van der Waals surface area contributed by atoms with Crippen LogP contribution in [0.4, 0.5) is 5.69 Å². The molecule has 2 bridgehead atoms. The molecule has 0 saturated heterocycles. The molecule has 1 unspecified atom stereocenters. The SMILES string of the molecule is CNc1ccc(C(=O)NC2C(C)(C)[C@H]3CC[C@@]2(C)C3)cc1S(=O)(=O)N(C)CC(=O)OC. The number of sulfonamides is 1. The first kappa shape index (κ1) is 23.5. The molecule has 2 aliphatic rings. The monoisotopic (exact) mass is 451 g/mol. The maximum Gasteiger partial charge on any atom is 0.321 e. The first-order valence-corrected chi connectivity index (χ1v) is 12.0. The summed E-state index contributed by atoms with van der Waals surface area (Å²) in [6.07, 6.45) is 3.37. The van der Waals surface area contributed by atoms with Gasteiger partial charge < -0.3 is 15.4 Å². The van der Waals surface area contributed by atoms with Gasteiger partial charge in [-0.1, -0.05) is 20.8 Å². The number of ether oxygens (including phenoxy) is 1. The molecule has 31 heavy (non-hydrogen) atoms. The molecule has 2 N–H and O–H groups in total. The molecule has 172 valence electrons. The minimum Gasteiger partial charge on any atom is -0.468 e. The van der Waals surface area contributed by atoms with E-state index in [0.717, 1.165) is 17.1 Å². The van der Waals surface area contributed by atoms with Gasteiger partial charge in [0.05, 0.1) is 12.8 Å². The maximum absolute atomic E-state index is 13.2. The number of rotatable bonds is 7. The van der Waals surface area contributed by atoms with Gasteiger partial charge in [-0.2, -0.15) is 4.31 Å². The third-order valence-electron chi connectivity index (χ3n) is 7.33. The third kappa shape index (κ3) is 4.05. The predicted octanol–water partition coefficient (Wildman–Crippen LogP) is 2.47. The summed E-state index contributed by atoms with van der Waals surface area (Å²) in [6.45, 7) is 6.21. The van der Waals surface area contributed by atoms with Crippen molar-refractivity contribution in [2.45, 2.75) is 51.0 Å². The highest BCUT2D eigenvalue weighted by molar-refractivity contribution is 7.89. The van der Waals surface area contributed by atoms with Crippen LogP contribution in [0, 0.1) is 16.7 Å². The molecule has 2 fully saturated rings. The van der Waals surface area contributed by atoms with E-state index >= 15 is 0 Å². The van der Waals surface area contributed by atoms with E-state index in [-0.39, 0.29) is 33.2 Å². The molecule has 3 rings (SSSR count). The molecular formula is C22H33N3O5S. The summed E-state index contributed by atoms with van der Waals surface area (Å²) in [5.74, 6) is -0.378. The summed E-state index contributed by atoms with van der Waals surface area (Å²) < 4.78 is 31.7. The number of carbonyl (C=O) groups is 2. The number of nitrogens with zero attached hydrogens (tertiary/aromatic N) is 1. The highest BCUT2D eigenvalue weighted by Crippen LogP contribution is 2.62. The number of esters is 1. The van der Waals surface area contributed by atoms with Crippen LogP contribution in [0.25, 0.3) is 0 Å². The maximum atomic E-state index is 13.2. The summed E-state index contributed by atoms with van der Waals surface area (Å²) in [5, 5.41) is 6.05. The van der Waals surface area contributed by atoms with Crippen LogP contribution < -0.4 is 10.6 Å². The van der Waals surface area contributed by atoms with E-state index in [2.05, 4.69) is 36.1 Å². The van der Waals surface area contributed by atoms with E-state index in [0.29, 0.717) is 11.6 Å². The summed E-state index contributed by atoms with van der Waals surface area (Å²) >= 11 is 0. The minimum atomic E-state index is -4.02. The zero-order valence-corrected chi connectivity index (χ0v) is 19.9. The van der Waals surface area contributed by atoms with Gasteiger partial charge >= 0.3 is 5.97 Å². The summed E-state index contributed by atoms with van der Waals surface area (Å²) in [7, 11) is 0.0822. The first-order chi connectivity index (χ1) is 14.4. The molecule has 0 radical (unpaired) electrons. The second-order valence-corrected chi connectivity index (χ2v) is 11.6. The van der Waals surface area contributed by atoms with Crippen LogP contribution in [0.2, 0.25) is 0 Å². The Morgan fingerprint density at radius 3 is 2.48 bits per heavy atom. The van der Waals surface area contributed by atoms with Crippen molar-refractivity contribution < 1.29 is 22.7 Å². The number of methoxy groups -OCH3 is 1. The molecule has 8 nitrogen and oxygen atoms in total. The molecule has 3 atom stereocenters. The van der Waals surface area contributed by atoms with Crippen LogP contribution >= 0.6 is 0 Å². The van der Waals surface area contributed by atoms with Gasteiger partial charge in [-0.05, 0) is 54.2 Å². The van der Waals surface area contributed by atoms with Crippen molar-refractivity contribution in [3.63, 3.8) is 0 Å². The highest BCUT2D eigenvalue weighted by atomic mass is 32.2. The van der Waals surface area contributed by atoms with Crippen LogP contribution in [0.3, 0.4) is 0 Å². The molecule has 1 amide bonds. The number of hydrogen-bond donors (Lipinski definition) is 2. The van der Waals surface area contributed by atoms with Crippen molar-refractivity contribution in [1.29, 1.82) is 0 Å². The lowest BCUT2D eigenvalue weighted by Crippen LogP contribution is -2.52. The summed E-state index contributed by atoms with van der Waals surface area (Å²) in [4.78, 5) is 24.7. The van der Waals surface area contributed by atoms with Crippen LogP contribution in [0.15, 0.2) is 23.1 Å². The minimum absolute atomic E-state index is 0.0107. The van der Waals surface area contributed by atoms with Gasteiger partial charge in [-0.3, -0.25) is 9.59 Å². The first-order valence-electron chi connectivity index (χ1n) is 10.5. The van der Waals surface area contributed by atoms with Crippen molar-refractivity contribution in [2.24, 2.45) is 16.7 Å². The zero-order valence-electron chi connectivity index (χ0n) is 19.1. The Bertz CT molecular complexity index is 986. The van der Waals surface area contributed by atoms with Crippen LogP contribution in [0.1, 0.15) is 50.4 Å². The lowest BCUT2D eigenvalue weighted by Gasteiger charge is -2.43. The average molecular weight is 452 g/mol. The lowest BCUT2D eigenvalue weighted by molar-refractivity contribution is -0.140. The highest BCUT2D eigenvalue weighted by Gasteiger charge is 2.59. The predicted molar refractivity (Wildman–Crippen MR) is 118 cm³/mol. The molecule has 0 aromatic heterocycles. The number of anilines is 1. The van der Waals surface area contributed by atoms with Crippen molar-refractivity contribution >= 4 is 27.6 Å². The average Bonchev–Trinajstić information content (AvgIpc) is 3.21. The molecule has 1 aromatic carbocycles. The van der Waals surface area contributed by atoms with Gasteiger partial charge in [-0.15, -0.1) is 0 Å². The smallest absolute Gasteiger partial charge is 0.321 e. The van der Waals surface area contributed by atoms with Crippen LogP contribution in [-0.2, 0) is 19.6 Å². The van der Waals surface area contributed by atoms with Gasteiger partial charge in [-0.25, -0.2) is 8.42 Å². The summed E-state index contributed by atoms with van der Waals surface area (Å²) in [5.41, 5.74) is 0.667. The number of likely N-dealkylation sites (N-methyl/N-ethyl adjacent to an activating group) is 1. The van der Waals surface area contributed by atoms with Gasteiger partial charge in [0.25, 0.3) is 5.91 Å². The van der Waals surface area contributed by atoms with Crippen molar-refractivity contribution in [3.8, 4) is 0 Å². The Kier molecular flexibility index (Phi) is 6.14. The van der Waals surface area contributed by atoms with E-state index in [1.807, 2.05) is 0 Å². The topological polar surface area (TPSA) is 105 Å². The van der Waals surface area contributed by atoms with E-state index in [1.165, 1.54) is 26.6 Å². The summed E-state index contributed by atoms with van der Waals surface area (Å²) in [6, 6.07) is 4.58. The fourth-order valence-electron chi connectivity index (χ4n) is 5.46. The molecule has 0 heterocycles. The largest absolute Gasteiger partial charge is 0.468 e. The van der Waals surface area contributed by atoms with Crippen molar-refractivity contribution in [1.82, 2.24) is 9.62 Å². The molecule has 2 saturated carbocycles. The molecule has 2 aliphatic carbocycles. The van der Waals surface area contributed by atoms with Gasteiger partial charge in [0.15, 0.2) is 0 Å². The Hall–Kier alpha value is -2.13. The van der Waals surface area contributed by atoms with E-state index in [9.17, 15) is 18.0 Å². The molecule has 9 heteroatoms. The zero-order chi connectivity index (χ0) is 23.2. The molecule has 0 aliphatic heterocycles. The fourth-order valence-corrected chi connectivity index (χ4v) is 6.79. The number of nitrogens with one attached hydrogen (secondary N) is 2. The standard InChI is InChI=1S/C22H33N3O5S/c1-21(2)15-9-10-22(3,12-15)20(21)24-19(27)14-7-8-16(23-4)17(11-14)31(28,29)25(5)13-18(26)30-6/h7-8,11,15,20,23H,9-10,12-13H2,1-6H3,(H,24,27)/t15-,20?,22-/m0/s1. The normalized spacial score (nSPS) is 26.7. The Morgan fingerprint density at radius 2 is 1.94 bits per heavy atom. The number of benzene rings is 1. The van der Waals surface area contributed by atoms with Gasteiger partial charge in [0.2, 0.25) is 10.0 Å². The number of fused-ring (bicyclic) bond motifs is 2. The van der Waals surface area contributed by atoms with E-state index < -0.39 is 22.5 Å². The van der Waals surface area contributed by atoms with Crippen LogP contribution in [0.5, 0.6) is 0 Å². The number of hydrogen-bond acceptors (Lipinski definition) is 6. The van der Waals surface area contributed by atoms with E-state index in [1.54, 1.807) is 19.2 Å². The van der Waals surface area contributed by atoms with Gasteiger partial charge in [0.1, 0.15) is 11.4 Å². The second-order valence-electron chi connectivity index (χ2n) is 9.62. The fraction of sp³-hybridized carbons (Fsp3) is 0.636. The van der Waals surface area contributed by atoms with Crippen molar-refractivity contribution in [2.75, 3.05) is 33.1 Å². The molecular weight excluding hydrogens is 418 g/mol. The Balaban J connectivity index is 1.90. The third-order valence-corrected chi connectivity index (χ3v) is 9.17. The van der Waals surface area contributed by atoms with Gasteiger partial charge in [0, 0.05) is 25.7 Å². The molecule has 1 aromatic rings. The lowest BCUT2D eigenvalue weighted by atomic mass is 9.68. The van der Waals surface area contributed by atoms with Crippen LogP contribution in [-0.4, -0.2) is 58.4 Å². The van der Waals surface area contributed by atoms with Crippen molar-refractivity contribution in [3.05, 3.63) is 23.8 Å².